The molecule has 3 aromatic carbocycles. The van der Waals surface area contributed by atoms with Gasteiger partial charge in [0, 0.05) is 17.5 Å². The molecular formula is C32H22N2O5S. The molecule has 0 aliphatic carbocycles. The van der Waals surface area contributed by atoms with Crippen molar-refractivity contribution in [1.82, 2.24) is 4.90 Å². The fraction of sp³-hybridized carbons (Fsp3) is 0.156. The van der Waals surface area contributed by atoms with E-state index < -0.39 is 23.4 Å². The zero-order valence-electron chi connectivity index (χ0n) is 21.1. The molecule has 7 nitrogen and oxygen atoms in total. The maximum atomic E-state index is 14.8. The Bertz CT molecular complexity index is 1760. The number of carbonyl (C=O) groups excluding carboxylic acids is 3. The predicted molar refractivity (Wildman–Crippen MR) is 150 cm³/mol. The highest BCUT2D eigenvalue weighted by Gasteiger charge is 2.70. The minimum absolute atomic E-state index is 0.0764. The van der Waals surface area contributed by atoms with Gasteiger partial charge in [-0.3, -0.25) is 14.4 Å². The number of ether oxygens (including phenoxy) is 2. The number of thiophene rings is 1. The van der Waals surface area contributed by atoms with Crippen molar-refractivity contribution in [2.45, 2.75) is 17.5 Å². The molecule has 1 aromatic heterocycles. The van der Waals surface area contributed by atoms with E-state index in [0.717, 1.165) is 16.7 Å². The second-order valence-electron chi connectivity index (χ2n) is 10.4. The number of Topliss-reactive ketones (excluding diaryl/α,β-unsaturated/α-hetero) is 2. The number of rotatable bonds is 4. The number of fused-ring (bicyclic) bond motifs is 7. The van der Waals surface area contributed by atoms with Crippen molar-refractivity contribution in [1.29, 1.82) is 0 Å². The standard InChI is InChI=1S/C32H22N2O5S/c35-28(19-11-12-23-24(16-19)39-17-38-23)26-27(29(36)25-10-5-15-40-25)34-14-13-18-6-1-2-7-20(18)30(34)32(26)21-8-3-4-9-22(21)33-31(32)37/h1-16,26-27,30H,17H2,(H,33,37)/t26-,27-,30+,32+/m0/s1. The maximum absolute atomic E-state index is 14.8. The lowest BCUT2D eigenvalue weighted by Crippen LogP contribution is -2.49. The second kappa shape index (κ2) is 8.40. The van der Waals surface area contributed by atoms with Crippen molar-refractivity contribution in [2.75, 3.05) is 12.1 Å². The van der Waals surface area contributed by atoms with Crippen LogP contribution in [-0.4, -0.2) is 35.2 Å². The molecule has 1 fully saturated rings. The van der Waals surface area contributed by atoms with Gasteiger partial charge in [-0.25, -0.2) is 0 Å². The van der Waals surface area contributed by atoms with Crippen molar-refractivity contribution in [2.24, 2.45) is 5.92 Å². The van der Waals surface area contributed by atoms with Crippen molar-refractivity contribution in [3.05, 3.63) is 118 Å². The smallest absolute Gasteiger partial charge is 0.238 e. The van der Waals surface area contributed by atoms with E-state index in [1.165, 1.54) is 11.3 Å². The number of benzene rings is 3. The summed E-state index contributed by atoms with van der Waals surface area (Å²) in [6.45, 7) is 0.0764. The fourth-order valence-corrected chi connectivity index (χ4v) is 7.66. The number of ketones is 2. The largest absolute Gasteiger partial charge is 0.454 e. The van der Waals surface area contributed by atoms with Crippen molar-refractivity contribution in [3.63, 3.8) is 0 Å². The number of anilines is 1. The van der Waals surface area contributed by atoms with E-state index in [2.05, 4.69) is 5.32 Å². The molecule has 4 aromatic rings. The van der Waals surface area contributed by atoms with Crippen LogP contribution in [0.15, 0.2) is 90.4 Å². The third-order valence-electron chi connectivity index (χ3n) is 8.54. The number of nitrogens with one attached hydrogen (secondary N) is 1. The summed E-state index contributed by atoms with van der Waals surface area (Å²) in [4.78, 5) is 46.1. The van der Waals surface area contributed by atoms with Crippen molar-refractivity contribution >= 4 is 40.6 Å². The van der Waals surface area contributed by atoms with Crippen LogP contribution in [0.4, 0.5) is 5.69 Å². The molecule has 5 heterocycles. The van der Waals surface area contributed by atoms with Gasteiger partial charge >= 0.3 is 0 Å². The van der Waals surface area contributed by atoms with Crippen LogP contribution in [0.25, 0.3) is 6.08 Å². The van der Waals surface area contributed by atoms with Gasteiger partial charge in [0.15, 0.2) is 23.1 Å². The van der Waals surface area contributed by atoms with Crippen LogP contribution in [0.5, 0.6) is 11.5 Å². The Morgan fingerprint density at radius 3 is 2.62 bits per heavy atom. The van der Waals surface area contributed by atoms with Gasteiger partial charge < -0.3 is 19.7 Å². The van der Waals surface area contributed by atoms with Gasteiger partial charge in [0.2, 0.25) is 12.7 Å². The molecule has 4 aliphatic heterocycles. The quantitative estimate of drug-likeness (QED) is 0.342. The monoisotopic (exact) mass is 546 g/mol. The van der Waals surface area contributed by atoms with Gasteiger partial charge in [-0.15, -0.1) is 11.3 Å². The van der Waals surface area contributed by atoms with Gasteiger partial charge in [0.25, 0.3) is 0 Å². The molecule has 0 bridgehead atoms. The number of hydrogen-bond acceptors (Lipinski definition) is 7. The van der Waals surface area contributed by atoms with E-state index >= 15 is 0 Å². The first kappa shape index (κ1) is 23.2. The Kier molecular flexibility index (Phi) is 4.88. The third kappa shape index (κ3) is 2.96. The summed E-state index contributed by atoms with van der Waals surface area (Å²) in [5.74, 6) is -0.751. The zero-order chi connectivity index (χ0) is 27.0. The molecule has 0 radical (unpaired) electrons. The predicted octanol–water partition coefficient (Wildman–Crippen LogP) is 5.46. The van der Waals surface area contributed by atoms with E-state index in [1.807, 2.05) is 77.2 Å². The van der Waals surface area contributed by atoms with Crippen molar-refractivity contribution in [3.8, 4) is 11.5 Å². The van der Waals surface area contributed by atoms with Gasteiger partial charge in [0.05, 0.1) is 16.8 Å². The number of para-hydroxylation sites is 1. The Hall–Kier alpha value is -4.69. The van der Waals surface area contributed by atoms with Gasteiger partial charge in [-0.2, -0.15) is 0 Å². The molecule has 196 valence electrons. The molecule has 4 atom stereocenters. The average Bonchev–Trinajstić information content (AvgIpc) is 3.78. The van der Waals surface area contributed by atoms with E-state index in [4.69, 9.17) is 9.47 Å². The summed E-state index contributed by atoms with van der Waals surface area (Å²) in [6.07, 6.45) is 3.84. The Morgan fingerprint density at radius 1 is 0.925 bits per heavy atom. The average molecular weight is 547 g/mol. The third-order valence-corrected chi connectivity index (χ3v) is 9.43. The lowest BCUT2D eigenvalue weighted by molar-refractivity contribution is -0.122. The van der Waals surface area contributed by atoms with Crippen LogP contribution in [0.3, 0.4) is 0 Å². The van der Waals surface area contributed by atoms with E-state index in [0.29, 0.717) is 27.6 Å². The Labute approximate surface area is 233 Å². The summed E-state index contributed by atoms with van der Waals surface area (Å²) < 4.78 is 11.1. The summed E-state index contributed by atoms with van der Waals surface area (Å²) >= 11 is 1.34. The molecule has 1 spiro atoms. The van der Waals surface area contributed by atoms with E-state index in [-0.39, 0.29) is 24.3 Å². The number of hydrogen-bond donors (Lipinski definition) is 1. The molecule has 1 N–H and O–H groups in total. The van der Waals surface area contributed by atoms with Crippen LogP contribution in [-0.2, 0) is 10.2 Å². The van der Waals surface area contributed by atoms with Gasteiger partial charge in [-0.05, 0) is 58.5 Å². The minimum Gasteiger partial charge on any atom is -0.454 e. The molecule has 4 aliphatic rings. The molecule has 1 amide bonds. The molecule has 1 saturated heterocycles. The first-order valence-corrected chi connectivity index (χ1v) is 13.9. The SMILES string of the molecule is O=C(c1cccs1)[C@@H]1[C@@H](C(=O)c2ccc3c(c2)OCO3)[C@@]2(C(=O)Nc3ccccc32)[C@H]2c3ccccc3C=CN12. The van der Waals surface area contributed by atoms with Crippen LogP contribution < -0.4 is 14.8 Å². The van der Waals surface area contributed by atoms with Crippen LogP contribution >= 0.6 is 11.3 Å². The van der Waals surface area contributed by atoms with E-state index in [9.17, 15) is 14.4 Å². The van der Waals surface area contributed by atoms with E-state index in [1.54, 1.807) is 24.3 Å². The first-order chi connectivity index (χ1) is 19.6. The molecule has 0 saturated carbocycles. The summed E-state index contributed by atoms with van der Waals surface area (Å²) in [5.41, 5.74) is 2.25. The maximum Gasteiger partial charge on any atom is 0.238 e. The summed E-state index contributed by atoms with van der Waals surface area (Å²) in [6, 6.07) is 22.6. The Morgan fingerprint density at radius 2 is 1.75 bits per heavy atom. The van der Waals surface area contributed by atoms with Crippen LogP contribution in [0, 0.1) is 5.92 Å². The fourth-order valence-electron chi connectivity index (χ4n) is 6.96. The normalized spacial score (nSPS) is 24.9. The minimum atomic E-state index is -1.36. The zero-order valence-corrected chi connectivity index (χ0v) is 21.9. The van der Waals surface area contributed by atoms with Crippen LogP contribution in [0.1, 0.15) is 42.8 Å². The molecule has 8 heteroatoms. The number of carbonyl (C=O) groups is 3. The first-order valence-electron chi connectivity index (χ1n) is 13.1. The topological polar surface area (TPSA) is 84.9 Å². The highest BCUT2D eigenvalue weighted by Crippen LogP contribution is 2.62. The summed E-state index contributed by atoms with van der Waals surface area (Å²) in [7, 11) is 0. The van der Waals surface area contributed by atoms with Crippen molar-refractivity contribution < 1.29 is 23.9 Å². The number of nitrogens with zero attached hydrogens (tertiary/aromatic N) is 1. The van der Waals surface area contributed by atoms with Crippen LogP contribution in [0.2, 0.25) is 0 Å². The highest BCUT2D eigenvalue weighted by molar-refractivity contribution is 7.12. The lowest BCUT2D eigenvalue weighted by atomic mass is 9.62. The molecular weight excluding hydrogens is 524 g/mol. The lowest BCUT2D eigenvalue weighted by Gasteiger charge is -2.38. The number of amides is 1. The molecule has 0 unspecified atom stereocenters. The molecule has 8 rings (SSSR count). The van der Waals surface area contributed by atoms with Gasteiger partial charge in [-0.1, -0.05) is 48.5 Å². The Balaban J connectivity index is 1.42. The molecule has 40 heavy (non-hydrogen) atoms. The highest BCUT2D eigenvalue weighted by atomic mass is 32.1. The summed E-state index contributed by atoms with van der Waals surface area (Å²) in [5, 5.41) is 4.92. The van der Waals surface area contributed by atoms with Gasteiger partial charge in [0.1, 0.15) is 11.5 Å². The second-order valence-corrected chi connectivity index (χ2v) is 11.3.